The molecule has 1 fully saturated rings. The summed E-state index contributed by atoms with van der Waals surface area (Å²) in [6.45, 7) is 1.99. The predicted molar refractivity (Wildman–Crippen MR) is 73.6 cm³/mol. The Balaban J connectivity index is 2.33. The second-order valence-electron chi connectivity index (χ2n) is 4.24. The summed E-state index contributed by atoms with van der Waals surface area (Å²) in [6, 6.07) is 5.62. The van der Waals surface area contributed by atoms with Crippen LogP contribution in [-0.4, -0.2) is 41.5 Å². The van der Waals surface area contributed by atoms with Crippen LogP contribution in [0.15, 0.2) is 29.2 Å². The molecule has 1 aromatic carbocycles. The first-order valence-electron chi connectivity index (χ1n) is 5.88. The minimum atomic E-state index is -3.73. The van der Waals surface area contributed by atoms with E-state index in [1.54, 1.807) is 12.1 Å². The van der Waals surface area contributed by atoms with Crippen LogP contribution in [0.4, 0.5) is 0 Å². The van der Waals surface area contributed by atoms with Crippen LogP contribution in [0.1, 0.15) is 12.5 Å². The number of rotatable bonds is 4. The SMILES string of the molecule is CCc1ccc(S(=O)(=O)N2CSC[C@H]2C(=O)O)cc1. The highest BCUT2D eigenvalue weighted by Gasteiger charge is 2.39. The zero-order valence-electron chi connectivity index (χ0n) is 10.4. The van der Waals surface area contributed by atoms with Gasteiger partial charge in [-0.05, 0) is 24.1 Å². The fourth-order valence-electron chi connectivity index (χ4n) is 1.89. The molecule has 0 aliphatic carbocycles. The van der Waals surface area contributed by atoms with Crippen molar-refractivity contribution < 1.29 is 18.3 Å². The molecule has 0 amide bonds. The summed E-state index contributed by atoms with van der Waals surface area (Å²) in [7, 11) is -3.73. The highest BCUT2D eigenvalue weighted by atomic mass is 32.2. The van der Waals surface area contributed by atoms with Crippen LogP contribution in [0.5, 0.6) is 0 Å². The van der Waals surface area contributed by atoms with Gasteiger partial charge in [-0.1, -0.05) is 19.1 Å². The number of thioether (sulfide) groups is 1. The van der Waals surface area contributed by atoms with Crippen molar-refractivity contribution in [1.29, 1.82) is 0 Å². The number of aliphatic carboxylic acids is 1. The lowest BCUT2D eigenvalue weighted by molar-refractivity contribution is -0.140. The first-order chi connectivity index (χ1) is 8.96. The molecule has 1 aliphatic heterocycles. The summed E-state index contributed by atoms with van der Waals surface area (Å²) in [6.07, 6.45) is 0.831. The van der Waals surface area contributed by atoms with E-state index < -0.39 is 22.0 Å². The van der Waals surface area contributed by atoms with Gasteiger partial charge in [-0.15, -0.1) is 11.8 Å². The molecule has 1 atom stereocenters. The molecule has 1 aromatic rings. The van der Waals surface area contributed by atoms with E-state index in [4.69, 9.17) is 5.11 Å². The summed E-state index contributed by atoms with van der Waals surface area (Å²) in [5, 5.41) is 9.06. The van der Waals surface area contributed by atoms with Crippen molar-refractivity contribution in [1.82, 2.24) is 4.31 Å². The molecule has 1 aliphatic rings. The van der Waals surface area contributed by atoms with Gasteiger partial charge in [0, 0.05) is 5.75 Å². The van der Waals surface area contributed by atoms with Crippen molar-refractivity contribution in [2.24, 2.45) is 0 Å². The van der Waals surface area contributed by atoms with Crippen LogP contribution in [0, 0.1) is 0 Å². The number of carbonyl (C=O) groups is 1. The van der Waals surface area contributed by atoms with Gasteiger partial charge in [-0.25, -0.2) is 8.42 Å². The van der Waals surface area contributed by atoms with Gasteiger partial charge in [0.2, 0.25) is 10.0 Å². The summed E-state index contributed by atoms with van der Waals surface area (Å²) < 4.78 is 25.9. The lowest BCUT2D eigenvalue weighted by atomic mass is 10.2. The van der Waals surface area contributed by atoms with Gasteiger partial charge in [-0.3, -0.25) is 4.79 Å². The second-order valence-corrected chi connectivity index (χ2v) is 7.13. The largest absolute Gasteiger partial charge is 0.480 e. The number of hydrogen-bond acceptors (Lipinski definition) is 4. The quantitative estimate of drug-likeness (QED) is 0.910. The van der Waals surface area contributed by atoms with E-state index in [1.807, 2.05) is 6.92 Å². The van der Waals surface area contributed by atoms with Crippen molar-refractivity contribution in [2.75, 3.05) is 11.6 Å². The van der Waals surface area contributed by atoms with Crippen LogP contribution in [-0.2, 0) is 21.2 Å². The van der Waals surface area contributed by atoms with Crippen molar-refractivity contribution in [3.05, 3.63) is 29.8 Å². The molecule has 1 N–H and O–H groups in total. The van der Waals surface area contributed by atoms with Crippen molar-refractivity contribution in [2.45, 2.75) is 24.3 Å². The van der Waals surface area contributed by atoms with E-state index in [9.17, 15) is 13.2 Å². The predicted octanol–water partition coefficient (Wildman–Crippen LogP) is 1.40. The standard InChI is InChI=1S/C12H15NO4S2/c1-2-9-3-5-10(6-4-9)19(16,17)13-8-18-7-11(13)12(14)15/h3-6,11H,2,7-8H2,1H3,(H,14,15)/t11-/m0/s1. The average molecular weight is 301 g/mol. The van der Waals surface area contributed by atoms with Gasteiger partial charge in [0.1, 0.15) is 6.04 Å². The molecule has 5 nitrogen and oxygen atoms in total. The maximum atomic E-state index is 12.4. The molecule has 2 rings (SSSR count). The molecule has 0 bridgehead atoms. The third kappa shape index (κ3) is 2.77. The van der Waals surface area contributed by atoms with Crippen LogP contribution in [0.25, 0.3) is 0 Å². The topological polar surface area (TPSA) is 74.7 Å². The number of carboxylic acid groups (broad SMARTS) is 1. The molecule has 0 saturated carbocycles. The van der Waals surface area contributed by atoms with Crippen molar-refractivity contribution in [3.63, 3.8) is 0 Å². The Morgan fingerprint density at radius 2 is 2.05 bits per heavy atom. The van der Waals surface area contributed by atoms with Gasteiger partial charge >= 0.3 is 5.97 Å². The van der Waals surface area contributed by atoms with E-state index in [0.29, 0.717) is 5.75 Å². The third-order valence-corrected chi connectivity index (χ3v) is 6.11. The average Bonchev–Trinajstić information content (AvgIpc) is 2.89. The third-order valence-electron chi connectivity index (χ3n) is 3.07. The lowest BCUT2D eigenvalue weighted by Crippen LogP contribution is -2.41. The Morgan fingerprint density at radius 3 is 2.58 bits per heavy atom. The summed E-state index contributed by atoms with van der Waals surface area (Å²) >= 11 is 1.31. The fourth-order valence-corrected chi connectivity index (χ4v) is 5.03. The maximum absolute atomic E-state index is 12.4. The number of carboxylic acids is 1. The van der Waals surface area contributed by atoms with Crippen molar-refractivity contribution >= 4 is 27.8 Å². The molecule has 0 unspecified atom stereocenters. The Bertz CT molecular complexity index is 568. The van der Waals surface area contributed by atoms with E-state index in [1.165, 1.54) is 23.9 Å². The maximum Gasteiger partial charge on any atom is 0.322 e. The first kappa shape index (κ1) is 14.4. The molecule has 0 radical (unpaired) electrons. The van der Waals surface area contributed by atoms with Gasteiger partial charge in [-0.2, -0.15) is 4.31 Å². The highest BCUT2D eigenvalue weighted by molar-refractivity contribution is 8.00. The monoisotopic (exact) mass is 301 g/mol. The summed E-state index contributed by atoms with van der Waals surface area (Å²) in [5.41, 5.74) is 1.05. The molecule has 0 spiro atoms. The molecule has 7 heteroatoms. The van der Waals surface area contributed by atoms with Crippen LogP contribution in [0.3, 0.4) is 0 Å². The molecule has 1 saturated heterocycles. The molecule has 104 valence electrons. The molecular formula is C12H15NO4S2. The van der Waals surface area contributed by atoms with E-state index in [2.05, 4.69) is 0 Å². The highest BCUT2D eigenvalue weighted by Crippen LogP contribution is 2.28. The molecule has 19 heavy (non-hydrogen) atoms. The first-order valence-corrected chi connectivity index (χ1v) is 8.47. The Morgan fingerprint density at radius 1 is 1.42 bits per heavy atom. The van der Waals surface area contributed by atoms with Gasteiger partial charge in [0.25, 0.3) is 0 Å². The number of nitrogens with zero attached hydrogens (tertiary/aromatic N) is 1. The van der Waals surface area contributed by atoms with E-state index >= 15 is 0 Å². The van der Waals surface area contributed by atoms with Gasteiger partial charge in [0.15, 0.2) is 0 Å². The van der Waals surface area contributed by atoms with Gasteiger partial charge in [0.05, 0.1) is 10.8 Å². The smallest absolute Gasteiger partial charge is 0.322 e. The van der Waals surface area contributed by atoms with Crippen LogP contribution in [0.2, 0.25) is 0 Å². The number of benzene rings is 1. The Kier molecular flexibility index (Phi) is 4.17. The zero-order chi connectivity index (χ0) is 14.0. The Hall–Kier alpha value is -1.05. The molecule has 0 aromatic heterocycles. The van der Waals surface area contributed by atoms with Gasteiger partial charge < -0.3 is 5.11 Å². The minimum Gasteiger partial charge on any atom is -0.480 e. The number of hydrogen-bond donors (Lipinski definition) is 1. The van der Waals surface area contributed by atoms with E-state index in [0.717, 1.165) is 16.3 Å². The fraction of sp³-hybridized carbons (Fsp3) is 0.417. The Labute approximate surface area is 116 Å². The van der Waals surface area contributed by atoms with E-state index in [-0.39, 0.29) is 10.8 Å². The number of aryl methyl sites for hydroxylation is 1. The molecule has 1 heterocycles. The number of sulfonamides is 1. The zero-order valence-corrected chi connectivity index (χ0v) is 12.1. The van der Waals surface area contributed by atoms with Crippen LogP contribution >= 0.6 is 11.8 Å². The second kappa shape index (κ2) is 5.52. The van der Waals surface area contributed by atoms with Crippen LogP contribution < -0.4 is 0 Å². The molecular weight excluding hydrogens is 286 g/mol. The summed E-state index contributed by atoms with van der Waals surface area (Å²) in [5.74, 6) is -0.616. The normalized spacial score (nSPS) is 20.6. The minimum absolute atomic E-state index is 0.151. The lowest BCUT2D eigenvalue weighted by Gasteiger charge is -2.20. The summed E-state index contributed by atoms with van der Waals surface area (Å²) in [4.78, 5) is 11.2. The van der Waals surface area contributed by atoms with Crippen molar-refractivity contribution in [3.8, 4) is 0 Å².